The standard InChI is InChI=1S/C5H13N3O/c1-7-5(8-6)3-4-9-2/h3-4,6H2,1-2H3,(H,7,8). The molecule has 0 fully saturated rings. The Balaban J connectivity index is 3.33. The quantitative estimate of drug-likeness (QED) is 0.235. The van der Waals surface area contributed by atoms with E-state index < -0.39 is 0 Å². The molecule has 0 aromatic rings. The highest BCUT2D eigenvalue weighted by molar-refractivity contribution is 5.81. The van der Waals surface area contributed by atoms with Crippen LogP contribution in [0, 0.1) is 0 Å². The van der Waals surface area contributed by atoms with Gasteiger partial charge in [0.1, 0.15) is 5.84 Å². The number of hydrazine groups is 1. The molecule has 0 aliphatic rings. The number of methoxy groups -OCH3 is 1. The Labute approximate surface area is 55.1 Å². The summed E-state index contributed by atoms with van der Waals surface area (Å²) in [4.78, 5) is 3.84. The Bertz CT molecular complexity index is 92.2. The summed E-state index contributed by atoms with van der Waals surface area (Å²) in [6.07, 6.45) is 0.740. The van der Waals surface area contributed by atoms with Crippen molar-refractivity contribution in [2.24, 2.45) is 10.8 Å². The first-order valence-corrected chi connectivity index (χ1v) is 2.76. The fourth-order valence-electron chi connectivity index (χ4n) is 0.447. The minimum atomic E-state index is 0.650. The van der Waals surface area contributed by atoms with E-state index in [1.54, 1.807) is 14.2 Å². The van der Waals surface area contributed by atoms with Crippen molar-refractivity contribution in [3.8, 4) is 0 Å². The number of nitrogens with two attached hydrogens (primary N) is 1. The Morgan fingerprint density at radius 2 is 2.44 bits per heavy atom. The lowest BCUT2D eigenvalue weighted by atomic mass is 10.4. The van der Waals surface area contributed by atoms with Crippen molar-refractivity contribution in [2.75, 3.05) is 20.8 Å². The van der Waals surface area contributed by atoms with Crippen LogP contribution in [0.4, 0.5) is 0 Å². The molecule has 0 amide bonds. The van der Waals surface area contributed by atoms with Crippen molar-refractivity contribution in [3.05, 3.63) is 0 Å². The Hall–Kier alpha value is -0.610. The molecule has 0 bridgehead atoms. The van der Waals surface area contributed by atoms with Crippen LogP contribution in [0.5, 0.6) is 0 Å². The number of rotatable bonds is 3. The third-order valence-corrected chi connectivity index (χ3v) is 0.980. The molecule has 4 nitrogen and oxygen atoms in total. The lowest BCUT2D eigenvalue weighted by molar-refractivity contribution is 0.207. The van der Waals surface area contributed by atoms with Gasteiger partial charge < -0.3 is 10.2 Å². The van der Waals surface area contributed by atoms with Crippen LogP contribution in [0.2, 0.25) is 0 Å². The molecule has 0 spiro atoms. The van der Waals surface area contributed by atoms with Gasteiger partial charge >= 0.3 is 0 Å². The molecule has 0 heterocycles. The summed E-state index contributed by atoms with van der Waals surface area (Å²) in [7, 11) is 3.33. The van der Waals surface area contributed by atoms with Gasteiger partial charge in [-0.2, -0.15) is 0 Å². The number of nitrogens with one attached hydrogen (secondary N) is 1. The van der Waals surface area contributed by atoms with E-state index in [1.165, 1.54) is 0 Å². The monoisotopic (exact) mass is 131 g/mol. The number of nitrogens with zero attached hydrogens (tertiary/aromatic N) is 1. The molecule has 0 radical (unpaired) electrons. The fraction of sp³-hybridized carbons (Fsp3) is 0.800. The van der Waals surface area contributed by atoms with Crippen molar-refractivity contribution in [1.29, 1.82) is 0 Å². The predicted molar refractivity (Wildman–Crippen MR) is 37.2 cm³/mol. The van der Waals surface area contributed by atoms with E-state index >= 15 is 0 Å². The topological polar surface area (TPSA) is 59.6 Å². The summed E-state index contributed by atoms with van der Waals surface area (Å²) < 4.78 is 4.80. The van der Waals surface area contributed by atoms with Crippen LogP contribution >= 0.6 is 0 Å². The summed E-state index contributed by atoms with van der Waals surface area (Å²) >= 11 is 0. The molecular formula is C5H13N3O. The minimum Gasteiger partial charge on any atom is -0.384 e. The molecular weight excluding hydrogens is 118 g/mol. The second kappa shape index (κ2) is 5.53. The first-order chi connectivity index (χ1) is 4.35. The number of hydrogen-bond donors (Lipinski definition) is 2. The van der Waals surface area contributed by atoms with E-state index in [4.69, 9.17) is 10.6 Å². The zero-order valence-corrected chi connectivity index (χ0v) is 5.85. The summed E-state index contributed by atoms with van der Waals surface area (Å²) in [5.74, 6) is 5.85. The molecule has 9 heavy (non-hydrogen) atoms. The first kappa shape index (κ1) is 8.39. The van der Waals surface area contributed by atoms with Crippen LogP contribution in [-0.2, 0) is 4.74 Å². The Morgan fingerprint density at radius 3 is 2.78 bits per heavy atom. The van der Waals surface area contributed by atoms with Crippen LogP contribution in [0.1, 0.15) is 6.42 Å². The Morgan fingerprint density at radius 1 is 1.78 bits per heavy atom. The molecule has 0 rings (SSSR count). The normalized spacial score (nSPS) is 11.7. The summed E-state index contributed by atoms with van der Waals surface area (Å²) in [6.45, 7) is 0.650. The highest BCUT2D eigenvalue weighted by atomic mass is 16.5. The van der Waals surface area contributed by atoms with E-state index in [0.29, 0.717) is 6.61 Å². The smallest absolute Gasteiger partial charge is 0.112 e. The Kier molecular flexibility index (Phi) is 5.15. The van der Waals surface area contributed by atoms with Gasteiger partial charge in [-0.05, 0) is 0 Å². The van der Waals surface area contributed by atoms with Gasteiger partial charge in [0, 0.05) is 20.6 Å². The predicted octanol–water partition coefficient (Wildman–Crippen LogP) is -0.485. The van der Waals surface area contributed by atoms with Crippen LogP contribution in [0.15, 0.2) is 4.99 Å². The maximum absolute atomic E-state index is 5.09. The number of hydrogen-bond acceptors (Lipinski definition) is 3. The minimum absolute atomic E-state index is 0.650. The molecule has 0 aromatic carbocycles. The molecule has 4 heteroatoms. The van der Waals surface area contributed by atoms with Gasteiger partial charge in [0.25, 0.3) is 0 Å². The molecule has 0 aromatic heterocycles. The van der Waals surface area contributed by atoms with Gasteiger partial charge in [0.05, 0.1) is 6.61 Å². The van der Waals surface area contributed by atoms with Crippen molar-refractivity contribution < 1.29 is 4.74 Å². The number of aliphatic imine (C=N–C) groups is 1. The molecule has 0 atom stereocenters. The van der Waals surface area contributed by atoms with Crippen LogP contribution in [0.25, 0.3) is 0 Å². The summed E-state index contributed by atoms with van der Waals surface area (Å²) in [6, 6.07) is 0. The third-order valence-electron chi connectivity index (χ3n) is 0.980. The second-order valence-corrected chi connectivity index (χ2v) is 1.56. The fourth-order valence-corrected chi connectivity index (χ4v) is 0.447. The first-order valence-electron chi connectivity index (χ1n) is 2.76. The molecule has 0 saturated heterocycles. The van der Waals surface area contributed by atoms with Gasteiger partial charge in [-0.25, -0.2) is 5.84 Å². The van der Waals surface area contributed by atoms with E-state index in [-0.39, 0.29) is 0 Å². The molecule has 0 unspecified atom stereocenters. The van der Waals surface area contributed by atoms with E-state index in [2.05, 4.69) is 10.4 Å². The molecule has 54 valence electrons. The molecule has 0 aliphatic carbocycles. The maximum atomic E-state index is 5.09. The summed E-state index contributed by atoms with van der Waals surface area (Å²) in [5.41, 5.74) is 2.46. The average molecular weight is 131 g/mol. The van der Waals surface area contributed by atoms with Gasteiger partial charge in [-0.3, -0.25) is 4.99 Å². The van der Waals surface area contributed by atoms with Crippen molar-refractivity contribution in [2.45, 2.75) is 6.42 Å². The average Bonchev–Trinajstić information content (AvgIpc) is 1.91. The highest BCUT2D eigenvalue weighted by Gasteiger charge is 1.91. The van der Waals surface area contributed by atoms with Crippen molar-refractivity contribution >= 4 is 5.84 Å². The van der Waals surface area contributed by atoms with E-state index in [9.17, 15) is 0 Å². The van der Waals surface area contributed by atoms with Gasteiger partial charge in [-0.1, -0.05) is 0 Å². The number of amidine groups is 1. The van der Waals surface area contributed by atoms with Crippen molar-refractivity contribution in [1.82, 2.24) is 5.43 Å². The SMILES string of the molecule is CN=C(CCOC)NN. The molecule has 0 saturated carbocycles. The van der Waals surface area contributed by atoms with Crippen molar-refractivity contribution in [3.63, 3.8) is 0 Å². The summed E-state index contributed by atoms with van der Waals surface area (Å²) in [5, 5.41) is 0. The van der Waals surface area contributed by atoms with Gasteiger partial charge in [-0.15, -0.1) is 0 Å². The van der Waals surface area contributed by atoms with Crippen LogP contribution < -0.4 is 11.3 Å². The molecule has 3 N–H and O–H groups in total. The zero-order chi connectivity index (χ0) is 7.11. The van der Waals surface area contributed by atoms with Gasteiger partial charge in [0.15, 0.2) is 0 Å². The zero-order valence-electron chi connectivity index (χ0n) is 5.85. The van der Waals surface area contributed by atoms with Gasteiger partial charge in [0.2, 0.25) is 0 Å². The lowest BCUT2D eigenvalue weighted by Gasteiger charge is -2.01. The largest absolute Gasteiger partial charge is 0.384 e. The highest BCUT2D eigenvalue weighted by Crippen LogP contribution is 1.80. The number of ether oxygens (including phenoxy) is 1. The van der Waals surface area contributed by atoms with Crippen LogP contribution in [-0.4, -0.2) is 26.6 Å². The van der Waals surface area contributed by atoms with E-state index in [1.807, 2.05) is 0 Å². The molecule has 0 aliphatic heterocycles. The second-order valence-electron chi connectivity index (χ2n) is 1.56. The lowest BCUT2D eigenvalue weighted by Crippen LogP contribution is -2.30. The van der Waals surface area contributed by atoms with E-state index in [0.717, 1.165) is 12.3 Å². The third kappa shape index (κ3) is 3.93. The maximum Gasteiger partial charge on any atom is 0.112 e. The van der Waals surface area contributed by atoms with Crippen LogP contribution in [0.3, 0.4) is 0 Å².